The predicted molar refractivity (Wildman–Crippen MR) is 30.7 cm³/mol. The van der Waals surface area contributed by atoms with Crippen LogP contribution >= 0.6 is 15.6 Å². The standard InChI is InChI=1S/5Na.H4O7P2.5H/c;;;;;1-8(2,3)7-9(4,5)6;;;;;/h;;;;;(H2,1,2,3)(H2,4,5,6);;;;;/q5*+1;;5*-1. The maximum atomic E-state index is 9.63. The van der Waals surface area contributed by atoms with Gasteiger partial charge in [-0.15, -0.1) is 0 Å². The molecule has 0 aromatic carbocycles. The van der Waals surface area contributed by atoms with Crippen molar-refractivity contribution in [2.45, 2.75) is 0 Å². The van der Waals surface area contributed by atoms with Gasteiger partial charge in [0.25, 0.3) is 0 Å². The van der Waals surface area contributed by atoms with Crippen LogP contribution in [0, 0.1) is 0 Å². The van der Waals surface area contributed by atoms with Crippen molar-refractivity contribution in [3.63, 3.8) is 0 Å². The summed E-state index contributed by atoms with van der Waals surface area (Å²) in [4.78, 5) is 31.0. The monoisotopic (exact) mass is 298 g/mol. The molecular weight excluding hydrogens is 289 g/mol. The van der Waals surface area contributed by atoms with Crippen molar-refractivity contribution in [3.05, 3.63) is 0 Å². The van der Waals surface area contributed by atoms with Gasteiger partial charge >= 0.3 is 163 Å². The van der Waals surface area contributed by atoms with Gasteiger partial charge in [0.05, 0.1) is 0 Å². The Balaban J connectivity index is -0.00000000711. The Morgan fingerprint density at radius 2 is 0.857 bits per heavy atom. The van der Waals surface area contributed by atoms with Crippen LogP contribution in [0.2, 0.25) is 0 Å². The van der Waals surface area contributed by atoms with Gasteiger partial charge in [0.1, 0.15) is 0 Å². The van der Waals surface area contributed by atoms with Gasteiger partial charge in [-0.2, -0.15) is 4.31 Å². The summed E-state index contributed by atoms with van der Waals surface area (Å²) in [5.41, 5.74) is 0. The minimum absolute atomic E-state index is 0. The summed E-state index contributed by atoms with van der Waals surface area (Å²) in [5, 5.41) is 0. The average molecular weight is 298 g/mol. The van der Waals surface area contributed by atoms with Crippen molar-refractivity contribution in [1.82, 2.24) is 0 Å². The average Bonchev–Trinajstić information content (AvgIpc) is 1.14. The van der Waals surface area contributed by atoms with Crippen LogP contribution in [0.1, 0.15) is 7.13 Å². The van der Waals surface area contributed by atoms with Crippen molar-refractivity contribution in [2.24, 2.45) is 0 Å². The van der Waals surface area contributed by atoms with Gasteiger partial charge in [0, 0.05) is 0 Å². The fourth-order valence-corrected chi connectivity index (χ4v) is 1.25. The Morgan fingerprint density at radius 1 is 0.714 bits per heavy atom. The van der Waals surface area contributed by atoms with E-state index in [1.165, 1.54) is 0 Å². The van der Waals surface area contributed by atoms with E-state index in [4.69, 9.17) is 19.6 Å². The molecule has 0 heterocycles. The molecule has 0 atom stereocenters. The second-order valence-corrected chi connectivity index (χ2v) is 3.68. The van der Waals surface area contributed by atoms with Crippen LogP contribution in [0.4, 0.5) is 0 Å². The van der Waals surface area contributed by atoms with Crippen molar-refractivity contribution in [3.8, 4) is 0 Å². The fourth-order valence-electron chi connectivity index (χ4n) is 0.139. The van der Waals surface area contributed by atoms with Crippen LogP contribution in [-0.2, 0) is 13.4 Å². The summed E-state index contributed by atoms with van der Waals surface area (Å²) in [6.45, 7) is 0. The second-order valence-electron chi connectivity index (χ2n) is 1.06. The Kier molecular flexibility index (Phi) is 42.6. The van der Waals surface area contributed by atoms with E-state index < -0.39 is 15.6 Å². The topological polar surface area (TPSA) is 124 Å². The number of phosphoric acid groups is 2. The van der Waals surface area contributed by atoms with Crippen molar-refractivity contribution >= 4 is 15.6 Å². The van der Waals surface area contributed by atoms with Crippen LogP contribution in [0.25, 0.3) is 0 Å². The first-order chi connectivity index (χ1) is 3.71. The molecule has 14 heteroatoms. The zero-order valence-corrected chi connectivity index (χ0v) is 20.7. The Bertz CT molecular complexity index is 176. The molecular formula is H9Na5O7P2. The van der Waals surface area contributed by atoms with E-state index in [0.717, 1.165) is 0 Å². The van der Waals surface area contributed by atoms with Gasteiger partial charge in [0.15, 0.2) is 0 Å². The minimum atomic E-state index is -5.05. The molecule has 14 heavy (non-hydrogen) atoms. The van der Waals surface area contributed by atoms with Gasteiger partial charge in [-0.25, -0.2) is 9.13 Å². The van der Waals surface area contributed by atoms with E-state index in [9.17, 15) is 9.13 Å². The summed E-state index contributed by atoms with van der Waals surface area (Å²) in [5.74, 6) is 0. The van der Waals surface area contributed by atoms with Gasteiger partial charge < -0.3 is 26.7 Å². The van der Waals surface area contributed by atoms with E-state index in [1.807, 2.05) is 0 Å². The third-order valence-corrected chi connectivity index (χ3v) is 1.91. The van der Waals surface area contributed by atoms with Crippen molar-refractivity contribution in [2.75, 3.05) is 0 Å². The Hall–Kier alpha value is 5.26. The normalized spacial score (nSPS) is 8.86. The molecule has 0 rings (SSSR count). The van der Waals surface area contributed by atoms with Crippen molar-refractivity contribution < 1.29 is 188 Å². The number of rotatable bonds is 2. The summed E-state index contributed by atoms with van der Waals surface area (Å²) >= 11 is 0. The largest absolute Gasteiger partial charge is 1.00 e. The van der Waals surface area contributed by atoms with E-state index in [-0.39, 0.29) is 155 Å². The summed E-state index contributed by atoms with van der Waals surface area (Å²) in [6, 6.07) is 0. The number of hydrogen-bond donors (Lipinski definition) is 4. The molecule has 0 saturated heterocycles. The van der Waals surface area contributed by atoms with E-state index in [2.05, 4.69) is 4.31 Å². The van der Waals surface area contributed by atoms with Crippen LogP contribution in [0.15, 0.2) is 0 Å². The predicted octanol–water partition coefficient (Wildman–Crippen LogP) is -15.2. The summed E-state index contributed by atoms with van der Waals surface area (Å²) in [7, 11) is -10.1. The molecule has 0 fully saturated rings. The molecule has 4 N–H and O–H groups in total. The first kappa shape index (κ1) is 36.5. The molecule has 0 amide bonds. The van der Waals surface area contributed by atoms with Crippen molar-refractivity contribution in [1.29, 1.82) is 0 Å². The molecule has 0 aliphatic carbocycles. The Labute approximate surface area is 199 Å². The molecule has 0 aromatic rings. The molecule has 0 aromatic heterocycles. The molecule has 0 unspecified atom stereocenters. The summed E-state index contributed by atoms with van der Waals surface area (Å²) in [6.07, 6.45) is 0. The van der Waals surface area contributed by atoms with Crippen LogP contribution in [0.5, 0.6) is 0 Å². The molecule has 0 aliphatic heterocycles. The van der Waals surface area contributed by atoms with Gasteiger partial charge in [-0.3, -0.25) is 0 Å². The van der Waals surface area contributed by atoms with E-state index in [0.29, 0.717) is 0 Å². The van der Waals surface area contributed by atoms with Gasteiger partial charge in [0.2, 0.25) is 0 Å². The quantitative estimate of drug-likeness (QED) is 0.295. The summed E-state index contributed by atoms with van der Waals surface area (Å²) < 4.78 is 22.2. The maximum absolute atomic E-state index is 9.63. The van der Waals surface area contributed by atoms with E-state index in [1.54, 1.807) is 0 Å². The fraction of sp³-hybridized carbons (Fsp3) is 0. The second kappa shape index (κ2) is 16.3. The number of hydrogen-bond acceptors (Lipinski definition) is 3. The zero-order valence-electron chi connectivity index (χ0n) is 13.9. The molecule has 0 spiro atoms. The van der Waals surface area contributed by atoms with Crippen LogP contribution in [0.3, 0.4) is 0 Å². The third kappa shape index (κ3) is 36.0. The molecule has 0 aliphatic rings. The van der Waals surface area contributed by atoms with Crippen LogP contribution in [-0.4, -0.2) is 19.6 Å². The molecule has 66 valence electrons. The SMILES string of the molecule is O=P(O)(O)OP(=O)(O)O.[H-].[H-].[H-].[H-].[H-].[Na+].[Na+].[Na+].[Na+].[Na+]. The van der Waals surface area contributed by atoms with Gasteiger partial charge in [-0.05, 0) is 0 Å². The molecule has 7 nitrogen and oxygen atoms in total. The Morgan fingerprint density at radius 3 is 0.857 bits per heavy atom. The first-order valence-corrected chi connectivity index (χ1v) is 4.59. The zero-order chi connectivity index (χ0) is 7.71. The maximum Gasteiger partial charge on any atom is 1.00 e. The third-order valence-electron chi connectivity index (χ3n) is 0.213. The minimum Gasteiger partial charge on any atom is -1.00 e. The van der Waals surface area contributed by atoms with Gasteiger partial charge in [-0.1, -0.05) is 0 Å². The van der Waals surface area contributed by atoms with Crippen LogP contribution < -0.4 is 148 Å². The molecule has 0 radical (unpaired) electrons. The molecule has 0 saturated carbocycles. The first-order valence-electron chi connectivity index (χ1n) is 1.53. The molecule has 0 bridgehead atoms. The van der Waals surface area contributed by atoms with E-state index >= 15 is 0 Å². The smallest absolute Gasteiger partial charge is 1.00 e.